The van der Waals surface area contributed by atoms with Crippen LogP contribution < -0.4 is 20.3 Å². The smallest absolute Gasteiger partial charge is 0.306 e. The highest BCUT2D eigenvalue weighted by Gasteiger charge is 2.53. The van der Waals surface area contributed by atoms with Crippen molar-refractivity contribution in [1.29, 1.82) is 0 Å². The number of ether oxygens (including phenoxy) is 4. The third-order valence-electron chi connectivity index (χ3n) is 7.19. The van der Waals surface area contributed by atoms with Crippen molar-refractivity contribution in [1.82, 2.24) is 10.9 Å². The van der Waals surface area contributed by atoms with Crippen LogP contribution in [0.15, 0.2) is 77.8 Å². The lowest BCUT2D eigenvalue weighted by atomic mass is 9.83. The maximum absolute atomic E-state index is 14.2. The van der Waals surface area contributed by atoms with E-state index in [2.05, 4.69) is 10.9 Å². The lowest BCUT2D eigenvalue weighted by Gasteiger charge is -2.31. The van der Waals surface area contributed by atoms with Gasteiger partial charge >= 0.3 is 5.97 Å². The second kappa shape index (κ2) is 15.9. The van der Waals surface area contributed by atoms with E-state index in [0.29, 0.717) is 53.6 Å². The lowest BCUT2D eigenvalue weighted by Crippen LogP contribution is -2.53. The van der Waals surface area contributed by atoms with Crippen molar-refractivity contribution in [2.45, 2.75) is 63.7 Å². The summed E-state index contributed by atoms with van der Waals surface area (Å²) in [5.74, 6) is 0.533. The number of amides is 1. The molecule has 3 N–H and O–H groups in total. The molecule has 0 aromatic heterocycles. The molecule has 1 heterocycles. The van der Waals surface area contributed by atoms with Gasteiger partial charge in [-0.3, -0.25) is 15.0 Å². The zero-order valence-electron chi connectivity index (χ0n) is 26.7. The van der Waals surface area contributed by atoms with Crippen LogP contribution in [-0.2, 0) is 25.5 Å². The summed E-state index contributed by atoms with van der Waals surface area (Å²) in [7, 11) is 1.56. The fourth-order valence-electron chi connectivity index (χ4n) is 5.01. The number of halogens is 1. The van der Waals surface area contributed by atoms with Gasteiger partial charge in [0.25, 0.3) is 5.91 Å². The molecular weight excluding hydrogens is 610 g/mol. The number of benzene rings is 3. The van der Waals surface area contributed by atoms with E-state index in [1.165, 1.54) is 0 Å². The van der Waals surface area contributed by atoms with Crippen molar-refractivity contribution in [3.05, 3.63) is 94.5 Å². The van der Waals surface area contributed by atoms with Gasteiger partial charge in [0.05, 0.1) is 13.7 Å². The first kappa shape index (κ1) is 34.7. The first-order valence-electron chi connectivity index (χ1n) is 15.3. The molecule has 0 fully saturated rings. The minimum atomic E-state index is -1.54. The van der Waals surface area contributed by atoms with Crippen LogP contribution >= 0.6 is 11.6 Å². The number of carbonyl (C=O) groups is 2. The molecule has 0 bridgehead atoms. The van der Waals surface area contributed by atoms with Crippen LogP contribution in [0.4, 0.5) is 0 Å². The van der Waals surface area contributed by atoms with Crippen LogP contribution in [0.5, 0.6) is 11.5 Å². The highest BCUT2D eigenvalue weighted by atomic mass is 35.5. The Kier molecular flexibility index (Phi) is 12.0. The number of esters is 1. The van der Waals surface area contributed by atoms with Crippen molar-refractivity contribution in [2.75, 3.05) is 26.9 Å². The molecule has 11 heteroatoms. The first-order valence-corrected chi connectivity index (χ1v) is 15.6. The second-order valence-electron chi connectivity index (χ2n) is 11.9. The maximum Gasteiger partial charge on any atom is 0.306 e. The molecule has 0 saturated carbocycles. The summed E-state index contributed by atoms with van der Waals surface area (Å²) in [6.07, 6.45) is 0.170. The molecule has 1 amide bonds. The van der Waals surface area contributed by atoms with Crippen molar-refractivity contribution in [3.8, 4) is 11.5 Å². The molecule has 4 rings (SSSR count). The van der Waals surface area contributed by atoms with Gasteiger partial charge in [-0.05, 0) is 93.3 Å². The third-order valence-corrected chi connectivity index (χ3v) is 7.42. The zero-order chi connectivity index (χ0) is 33.2. The van der Waals surface area contributed by atoms with Gasteiger partial charge in [-0.2, -0.15) is 0 Å². The van der Waals surface area contributed by atoms with Gasteiger partial charge in [0.1, 0.15) is 17.1 Å². The Morgan fingerprint density at radius 2 is 1.80 bits per heavy atom. The standard InChI is InChI=1S/C35H42ClN3O7/c1-34(2,3)46-30(41)16-18-35(33(42)39-37-19-17-24-8-5-10-27(36)22-24)31(26-9-6-11-29(23-26)43-4)45-32(38-35)25-12-14-28(15-13-25)44-21-7-20-40/h5-6,8-15,22-23,31,37,40H,7,16-21H2,1-4H3,(H,39,42)/t31-,35-/m0/s1. The Balaban J connectivity index is 1.66. The van der Waals surface area contributed by atoms with Gasteiger partial charge in [-0.15, -0.1) is 0 Å². The minimum Gasteiger partial charge on any atom is -0.497 e. The van der Waals surface area contributed by atoms with Gasteiger partial charge in [-0.25, -0.2) is 10.4 Å². The molecule has 3 aromatic rings. The molecule has 0 unspecified atom stereocenters. The third kappa shape index (κ3) is 9.45. The first-order chi connectivity index (χ1) is 22.0. The summed E-state index contributed by atoms with van der Waals surface area (Å²) in [5.41, 5.74) is 5.90. The molecule has 0 aliphatic carbocycles. The van der Waals surface area contributed by atoms with E-state index in [4.69, 9.17) is 40.6 Å². The fourth-order valence-corrected chi connectivity index (χ4v) is 5.22. The van der Waals surface area contributed by atoms with Crippen LogP contribution in [0, 0.1) is 0 Å². The Morgan fingerprint density at radius 1 is 1.04 bits per heavy atom. The minimum absolute atomic E-state index is 0.0114. The van der Waals surface area contributed by atoms with Crippen LogP contribution in [-0.4, -0.2) is 60.9 Å². The molecule has 3 aromatic carbocycles. The van der Waals surface area contributed by atoms with E-state index in [9.17, 15) is 9.59 Å². The van der Waals surface area contributed by atoms with Crippen LogP contribution in [0.1, 0.15) is 62.8 Å². The van der Waals surface area contributed by atoms with Gasteiger partial charge in [0.2, 0.25) is 5.90 Å². The number of rotatable bonds is 15. The normalized spacial score (nSPS) is 17.5. The summed E-state index contributed by atoms with van der Waals surface area (Å²) in [4.78, 5) is 32.1. The molecule has 1 aliphatic heterocycles. The summed E-state index contributed by atoms with van der Waals surface area (Å²) < 4.78 is 23.2. The molecule has 1 aliphatic rings. The van der Waals surface area contributed by atoms with E-state index in [-0.39, 0.29) is 25.3 Å². The monoisotopic (exact) mass is 651 g/mol. The molecule has 0 saturated heterocycles. The molecular formula is C35H42ClN3O7. The van der Waals surface area contributed by atoms with Gasteiger partial charge in [0.15, 0.2) is 11.6 Å². The fraction of sp³-hybridized carbons (Fsp3) is 0.400. The van der Waals surface area contributed by atoms with Crippen LogP contribution in [0.2, 0.25) is 5.02 Å². The van der Waals surface area contributed by atoms with Crippen molar-refractivity contribution in [2.24, 2.45) is 4.99 Å². The Bertz CT molecular complexity index is 1510. The molecule has 46 heavy (non-hydrogen) atoms. The Morgan fingerprint density at radius 3 is 2.50 bits per heavy atom. The topological polar surface area (TPSA) is 128 Å². The molecule has 0 spiro atoms. The number of nitrogens with one attached hydrogen (secondary N) is 2. The second-order valence-corrected chi connectivity index (χ2v) is 12.3. The predicted octanol–water partition coefficient (Wildman–Crippen LogP) is 5.35. The van der Waals surface area contributed by atoms with Crippen molar-refractivity contribution < 1.29 is 33.6 Å². The molecule has 0 radical (unpaired) electrons. The highest BCUT2D eigenvalue weighted by molar-refractivity contribution is 6.30. The van der Waals surface area contributed by atoms with Gasteiger partial charge in [-0.1, -0.05) is 35.9 Å². The van der Waals surface area contributed by atoms with E-state index in [0.717, 1.165) is 5.56 Å². The number of carbonyl (C=O) groups excluding carboxylic acids is 2. The van der Waals surface area contributed by atoms with Crippen molar-refractivity contribution in [3.63, 3.8) is 0 Å². The number of hydrogen-bond acceptors (Lipinski definition) is 9. The number of hydrazine groups is 1. The quantitative estimate of drug-likeness (QED) is 0.114. The van der Waals surface area contributed by atoms with Crippen LogP contribution in [0.25, 0.3) is 0 Å². The van der Waals surface area contributed by atoms with E-state index < -0.39 is 29.1 Å². The average molecular weight is 652 g/mol. The number of aliphatic imine (C=N–C) groups is 1. The summed E-state index contributed by atoms with van der Waals surface area (Å²) in [6, 6.07) is 21.9. The summed E-state index contributed by atoms with van der Waals surface area (Å²) in [6.45, 7) is 6.22. The number of hydrogen-bond donors (Lipinski definition) is 3. The molecule has 246 valence electrons. The zero-order valence-corrected chi connectivity index (χ0v) is 27.4. The van der Waals surface area contributed by atoms with Gasteiger partial charge in [0, 0.05) is 36.6 Å². The largest absolute Gasteiger partial charge is 0.497 e. The molecule has 10 nitrogen and oxygen atoms in total. The lowest BCUT2D eigenvalue weighted by molar-refractivity contribution is -0.155. The van der Waals surface area contributed by atoms with E-state index in [1.807, 2.05) is 30.3 Å². The predicted molar refractivity (Wildman–Crippen MR) is 176 cm³/mol. The van der Waals surface area contributed by atoms with Crippen LogP contribution in [0.3, 0.4) is 0 Å². The van der Waals surface area contributed by atoms with Crippen molar-refractivity contribution >= 4 is 29.4 Å². The number of aliphatic hydroxyl groups is 1. The highest BCUT2D eigenvalue weighted by Crippen LogP contribution is 2.44. The maximum atomic E-state index is 14.2. The number of methoxy groups -OCH3 is 1. The van der Waals surface area contributed by atoms with E-state index in [1.54, 1.807) is 70.3 Å². The summed E-state index contributed by atoms with van der Waals surface area (Å²) >= 11 is 6.13. The average Bonchev–Trinajstić information content (AvgIpc) is 3.43. The summed E-state index contributed by atoms with van der Waals surface area (Å²) in [5, 5.41) is 9.69. The Hall–Kier alpha value is -4.12. The number of nitrogens with zero attached hydrogens (tertiary/aromatic N) is 1. The Labute approximate surface area is 275 Å². The van der Waals surface area contributed by atoms with E-state index >= 15 is 0 Å². The SMILES string of the molecule is COc1cccc([C@@H]2OC(c3ccc(OCCCO)cc3)=N[C@]2(CCC(=O)OC(C)(C)C)C(=O)NNCCc2cccc(Cl)c2)c1. The van der Waals surface area contributed by atoms with Gasteiger partial charge < -0.3 is 24.1 Å². The molecule has 2 atom stereocenters. The number of aliphatic hydroxyl groups excluding tert-OH is 1.